The van der Waals surface area contributed by atoms with E-state index in [0.717, 1.165) is 5.56 Å². The fourth-order valence-corrected chi connectivity index (χ4v) is 3.50. The summed E-state index contributed by atoms with van der Waals surface area (Å²) in [5, 5.41) is 32.8. The lowest BCUT2D eigenvalue weighted by molar-refractivity contribution is 0.0592. The molecule has 182 valence electrons. The maximum atomic E-state index is 12.3. The molecule has 0 fully saturated rings. The SMILES string of the molecule is COC(=O)c1c(O)cc(-c2cccc(O)c2)cc1OCC=Cc1cccc(-c2cc(C(=O)O)no2)c1. The van der Waals surface area contributed by atoms with Crippen LogP contribution in [0.25, 0.3) is 28.5 Å². The number of carboxylic acid groups (broad SMARTS) is 1. The molecule has 0 spiro atoms. The number of aromatic nitrogens is 1. The van der Waals surface area contributed by atoms with E-state index >= 15 is 0 Å². The Balaban J connectivity index is 1.54. The molecule has 0 saturated carbocycles. The van der Waals surface area contributed by atoms with Gasteiger partial charge in [0.05, 0.1) is 7.11 Å². The number of phenols is 2. The number of phenolic OH excluding ortho intramolecular Hbond substituents is 2. The van der Waals surface area contributed by atoms with E-state index in [-0.39, 0.29) is 35.1 Å². The number of methoxy groups -OCH3 is 1. The Labute approximate surface area is 205 Å². The van der Waals surface area contributed by atoms with Crippen LogP contribution in [0, 0.1) is 0 Å². The van der Waals surface area contributed by atoms with E-state index in [4.69, 9.17) is 19.1 Å². The van der Waals surface area contributed by atoms with Crippen LogP contribution in [-0.4, -0.2) is 46.1 Å². The maximum Gasteiger partial charge on any atom is 0.358 e. The highest BCUT2D eigenvalue weighted by Crippen LogP contribution is 2.36. The summed E-state index contributed by atoms with van der Waals surface area (Å²) in [6.45, 7) is 0.0582. The average molecular weight is 487 g/mol. The Morgan fingerprint density at radius 2 is 1.75 bits per heavy atom. The van der Waals surface area contributed by atoms with Crippen LogP contribution in [0.1, 0.15) is 26.4 Å². The highest BCUT2D eigenvalue weighted by molar-refractivity contribution is 5.96. The van der Waals surface area contributed by atoms with Gasteiger partial charge in [0.2, 0.25) is 0 Å². The van der Waals surface area contributed by atoms with Crippen molar-refractivity contribution in [3.8, 4) is 39.7 Å². The van der Waals surface area contributed by atoms with Crippen LogP contribution in [0.15, 0.2) is 77.3 Å². The van der Waals surface area contributed by atoms with Crippen LogP contribution in [-0.2, 0) is 4.74 Å². The summed E-state index contributed by atoms with van der Waals surface area (Å²) in [5.41, 5.74) is 2.30. The zero-order chi connectivity index (χ0) is 25.7. The molecular weight excluding hydrogens is 466 g/mol. The second-order valence-corrected chi connectivity index (χ2v) is 7.63. The first-order valence-electron chi connectivity index (χ1n) is 10.7. The number of carbonyl (C=O) groups is 2. The summed E-state index contributed by atoms with van der Waals surface area (Å²) in [4.78, 5) is 23.3. The number of benzene rings is 3. The minimum Gasteiger partial charge on any atom is -0.508 e. The molecule has 3 N–H and O–H groups in total. The van der Waals surface area contributed by atoms with Gasteiger partial charge in [0.15, 0.2) is 11.5 Å². The lowest BCUT2D eigenvalue weighted by atomic mass is 10.0. The predicted molar refractivity (Wildman–Crippen MR) is 130 cm³/mol. The Kier molecular flexibility index (Phi) is 7.01. The number of carboxylic acids is 1. The Morgan fingerprint density at radius 3 is 2.47 bits per heavy atom. The molecule has 9 heteroatoms. The highest BCUT2D eigenvalue weighted by atomic mass is 16.5. The van der Waals surface area contributed by atoms with Crippen molar-refractivity contribution in [3.63, 3.8) is 0 Å². The number of hydrogen-bond acceptors (Lipinski definition) is 8. The van der Waals surface area contributed by atoms with Gasteiger partial charge in [0, 0.05) is 11.6 Å². The topological polar surface area (TPSA) is 139 Å². The first kappa shape index (κ1) is 24.1. The van der Waals surface area contributed by atoms with Crippen molar-refractivity contribution in [2.45, 2.75) is 0 Å². The summed E-state index contributed by atoms with van der Waals surface area (Å²) in [7, 11) is 1.20. The molecule has 0 aliphatic heterocycles. The fraction of sp³-hybridized carbons (Fsp3) is 0.0741. The number of ether oxygens (including phenoxy) is 2. The van der Waals surface area contributed by atoms with Crippen molar-refractivity contribution in [2.75, 3.05) is 13.7 Å². The molecule has 9 nitrogen and oxygen atoms in total. The zero-order valence-electron chi connectivity index (χ0n) is 19.0. The Hall–Kier alpha value is -5.05. The van der Waals surface area contributed by atoms with Gasteiger partial charge in [-0.3, -0.25) is 0 Å². The van der Waals surface area contributed by atoms with Crippen molar-refractivity contribution in [1.82, 2.24) is 5.16 Å². The second-order valence-electron chi connectivity index (χ2n) is 7.63. The minimum atomic E-state index is -1.18. The van der Waals surface area contributed by atoms with Gasteiger partial charge in [-0.05, 0) is 53.1 Å². The van der Waals surface area contributed by atoms with Crippen molar-refractivity contribution in [2.24, 2.45) is 0 Å². The van der Waals surface area contributed by atoms with E-state index in [1.807, 2.05) is 6.07 Å². The fourth-order valence-electron chi connectivity index (χ4n) is 3.50. The first-order chi connectivity index (χ1) is 17.4. The first-order valence-corrected chi connectivity index (χ1v) is 10.7. The molecule has 0 bridgehead atoms. The van der Waals surface area contributed by atoms with Gasteiger partial charge in [-0.25, -0.2) is 9.59 Å². The van der Waals surface area contributed by atoms with E-state index in [1.165, 1.54) is 31.4 Å². The highest BCUT2D eigenvalue weighted by Gasteiger charge is 2.20. The standard InChI is InChI=1S/C27H21NO8/c1-34-27(33)25-22(30)13-19(17-7-3-9-20(29)12-17)14-24(25)35-10-4-6-16-5-2-8-18(11-16)23-15-21(26(31)32)28-36-23/h2-9,11-15,29-30H,10H2,1H3,(H,31,32). The molecule has 0 radical (unpaired) electrons. The molecule has 4 rings (SSSR count). The molecular formula is C27H21NO8. The third-order valence-corrected chi connectivity index (χ3v) is 5.20. The summed E-state index contributed by atoms with van der Waals surface area (Å²) in [6, 6.07) is 17.9. The average Bonchev–Trinajstić information content (AvgIpc) is 3.37. The molecule has 0 saturated heterocycles. The molecule has 1 heterocycles. The summed E-state index contributed by atoms with van der Waals surface area (Å²) in [6.07, 6.45) is 3.48. The van der Waals surface area contributed by atoms with Gasteiger partial charge in [0.1, 0.15) is 29.4 Å². The van der Waals surface area contributed by atoms with Crippen LogP contribution in [0.3, 0.4) is 0 Å². The van der Waals surface area contributed by atoms with Crippen LogP contribution < -0.4 is 4.74 Å². The van der Waals surface area contributed by atoms with Gasteiger partial charge >= 0.3 is 11.9 Å². The van der Waals surface area contributed by atoms with E-state index in [1.54, 1.807) is 48.6 Å². The minimum absolute atomic E-state index is 0.0566. The number of esters is 1. The summed E-state index contributed by atoms with van der Waals surface area (Å²) >= 11 is 0. The number of rotatable bonds is 8. The van der Waals surface area contributed by atoms with E-state index in [2.05, 4.69) is 5.16 Å². The third kappa shape index (κ3) is 5.36. The van der Waals surface area contributed by atoms with Gasteiger partial charge < -0.3 is 29.3 Å². The monoisotopic (exact) mass is 487 g/mol. The number of aromatic carboxylic acids is 1. The largest absolute Gasteiger partial charge is 0.508 e. The molecule has 0 unspecified atom stereocenters. The van der Waals surface area contributed by atoms with Gasteiger partial charge in [0.25, 0.3) is 0 Å². The van der Waals surface area contributed by atoms with Crippen LogP contribution in [0.5, 0.6) is 17.2 Å². The second kappa shape index (κ2) is 10.5. The molecule has 0 aliphatic rings. The maximum absolute atomic E-state index is 12.3. The normalized spacial score (nSPS) is 10.9. The van der Waals surface area contributed by atoms with Crippen molar-refractivity contribution >= 4 is 18.0 Å². The molecule has 1 aromatic heterocycles. The van der Waals surface area contributed by atoms with Crippen LogP contribution in [0.4, 0.5) is 0 Å². The third-order valence-electron chi connectivity index (χ3n) is 5.20. The molecule has 3 aromatic carbocycles. The quantitative estimate of drug-likeness (QED) is 0.293. The molecule has 0 amide bonds. The lowest BCUT2D eigenvalue weighted by Crippen LogP contribution is -2.06. The van der Waals surface area contributed by atoms with Crippen molar-refractivity contribution in [1.29, 1.82) is 0 Å². The van der Waals surface area contributed by atoms with E-state index in [9.17, 15) is 19.8 Å². The number of carbonyl (C=O) groups excluding carboxylic acids is 1. The number of nitrogens with zero attached hydrogens (tertiary/aromatic N) is 1. The van der Waals surface area contributed by atoms with E-state index < -0.39 is 11.9 Å². The molecule has 0 aliphatic carbocycles. The lowest BCUT2D eigenvalue weighted by Gasteiger charge is -2.13. The Morgan fingerprint density at radius 1 is 0.972 bits per heavy atom. The van der Waals surface area contributed by atoms with Crippen molar-refractivity contribution < 1.29 is 38.9 Å². The summed E-state index contributed by atoms with van der Waals surface area (Å²) < 4.78 is 15.7. The Bertz CT molecular complexity index is 1450. The van der Waals surface area contributed by atoms with Gasteiger partial charge in [-0.15, -0.1) is 0 Å². The zero-order valence-corrected chi connectivity index (χ0v) is 19.0. The van der Waals surface area contributed by atoms with Gasteiger partial charge in [-0.1, -0.05) is 41.6 Å². The number of aromatic hydroxyl groups is 2. The van der Waals surface area contributed by atoms with Gasteiger partial charge in [-0.2, -0.15) is 0 Å². The predicted octanol–water partition coefficient (Wildman–Crippen LogP) is 5.00. The van der Waals surface area contributed by atoms with Crippen LogP contribution in [0.2, 0.25) is 0 Å². The van der Waals surface area contributed by atoms with Crippen molar-refractivity contribution in [3.05, 3.63) is 89.6 Å². The summed E-state index contributed by atoms with van der Waals surface area (Å²) in [5.74, 6) is -1.76. The van der Waals surface area contributed by atoms with E-state index in [0.29, 0.717) is 22.5 Å². The van der Waals surface area contributed by atoms with Crippen LogP contribution >= 0.6 is 0 Å². The number of hydrogen-bond donors (Lipinski definition) is 3. The molecule has 36 heavy (non-hydrogen) atoms. The smallest absolute Gasteiger partial charge is 0.358 e. The molecule has 4 aromatic rings. The molecule has 0 atom stereocenters.